The molecule has 1 heterocycles. The van der Waals surface area contributed by atoms with E-state index in [-0.39, 0.29) is 24.1 Å². The summed E-state index contributed by atoms with van der Waals surface area (Å²) in [6.07, 6.45) is 1.05. The van der Waals surface area contributed by atoms with E-state index in [1.54, 1.807) is 19.2 Å². The summed E-state index contributed by atoms with van der Waals surface area (Å²) < 4.78 is 12.9. The largest absolute Gasteiger partial charge is 0.371 e. The molecule has 1 saturated heterocycles. The Kier molecular flexibility index (Phi) is 6.75. The van der Waals surface area contributed by atoms with Gasteiger partial charge in [0, 0.05) is 25.3 Å². The lowest BCUT2D eigenvalue weighted by atomic mass is 10.1. The van der Waals surface area contributed by atoms with Crippen LogP contribution in [0.15, 0.2) is 24.3 Å². The van der Waals surface area contributed by atoms with Gasteiger partial charge in [-0.25, -0.2) is 4.39 Å². The number of halogens is 2. The predicted molar refractivity (Wildman–Crippen MR) is 80.9 cm³/mol. The van der Waals surface area contributed by atoms with Gasteiger partial charge in [0.25, 0.3) is 0 Å². The van der Waals surface area contributed by atoms with Crippen molar-refractivity contribution in [2.24, 2.45) is 5.92 Å². The van der Waals surface area contributed by atoms with Gasteiger partial charge in [0.2, 0.25) is 5.91 Å². The van der Waals surface area contributed by atoms with Gasteiger partial charge in [-0.2, -0.15) is 0 Å². The Morgan fingerprint density at radius 3 is 2.75 bits per heavy atom. The van der Waals surface area contributed by atoms with Crippen LogP contribution in [0.3, 0.4) is 0 Å². The molecule has 2 rings (SSSR count). The van der Waals surface area contributed by atoms with Gasteiger partial charge in [0.15, 0.2) is 0 Å². The van der Waals surface area contributed by atoms with Crippen LogP contribution in [-0.2, 0) is 4.79 Å². The number of nitrogens with one attached hydrogen (secondary N) is 2. The Labute approximate surface area is 125 Å². The second-order valence-corrected chi connectivity index (χ2v) is 4.91. The predicted octanol–water partition coefficient (Wildman–Crippen LogP) is 1.41. The second kappa shape index (κ2) is 8.07. The van der Waals surface area contributed by atoms with Gasteiger partial charge >= 0.3 is 0 Å². The van der Waals surface area contributed by atoms with E-state index in [9.17, 15) is 9.18 Å². The molecule has 1 aromatic carbocycles. The van der Waals surface area contributed by atoms with E-state index in [1.807, 2.05) is 0 Å². The quantitative estimate of drug-likeness (QED) is 0.864. The fourth-order valence-electron chi connectivity index (χ4n) is 2.37. The Morgan fingerprint density at radius 1 is 1.40 bits per heavy atom. The van der Waals surface area contributed by atoms with Crippen molar-refractivity contribution in [3.05, 3.63) is 30.1 Å². The summed E-state index contributed by atoms with van der Waals surface area (Å²) in [6.45, 7) is 2.93. The van der Waals surface area contributed by atoms with Crippen molar-refractivity contribution < 1.29 is 9.18 Å². The van der Waals surface area contributed by atoms with Crippen molar-refractivity contribution in [1.29, 1.82) is 0 Å². The number of benzene rings is 1. The van der Waals surface area contributed by atoms with E-state index < -0.39 is 0 Å². The van der Waals surface area contributed by atoms with E-state index in [0.29, 0.717) is 19.0 Å². The fraction of sp³-hybridized carbons (Fsp3) is 0.500. The number of carbonyl (C=O) groups is 1. The highest BCUT2D eigenvalue weighted by Crippen LogP contribution is 2.23. The zero-order valence-corrected chi connectivity index (χ0v) is 12.4. The standard InChI is InChI=1S/C14H20FN3O.ClH/c1-16-9-14(19)17-8-11-6-7-18(10-11)13-4-2-12(15)3-5-13;/h2-5,11,16H,6-10H2,1H3,(H,17,19);1H. The third-order valence-corrected chi connectivity index (χ3v) is 3.40. The minimum atomic E-state index is -0.209. The van der Waals surface area contributed by atoms with Crippen LogP contribution in [-0.4, -0.2) is 39.1 Å². The minimum absolute atomic E-state index is 0. The normalized spacial score (nSPS) is 17.7. The number of anilines is 1. The monoisotopic (exact) mass is 301 g/mol. The topological polar surface area (TPSA) is 44.4 Å². The minimum Gasteiger partial charge on any atom is -0.371 e. The SMILES string of the molecule is CNCC(=O)NCC1CCN(c2ccc(F)cc2)C1.Cl. The molecule has 1 aliphatic heterocycles. The first-order valence-corrected chi connectivity index (χ1v) is 6.61. The van der Waals surface area contributed by atoms with Crippen LogP contribution in [0.1, 0.15) is 6.42 Å². The molecule has 1 unspecified atom stereocenters. The third-order valence-electron chi connectivity index (χ3n) is 3.40. The summed E-state index contributed by atoms with van der Waals surface area (Å²) in [6, 6.07) is 6.57. The van der Waals surface area contributed by atoms with Crippen LogP contribution in [0.5, 0.6) is 0 Å². The molecular weight excluding hydrogens is 281 g/mol. The number of carbonyl (C=O) groups excluding carboxylic acids is 1. The molecule has 0 aliphatic carbocycles. The molecule has 2 N–H and O–H groups in total. The average molecular weight is 302 g/mol. The van der Waals surface area contributed by atoms with Crippen molar-refractivity contribution in [1.82, 2.24) is 10.6 Å². The van der Waals surface area contributed by atoms with Gasteiger partial charge in [-0.15, -0.1) is 12.4 Å². The van der Waals surface area contributed by atoms with Gasteiger partial charge in [-0.3, -0.25) is 4.79 Å². The zero-order chi connectivity index (χ0) is 13.7. The molecule has 0 saturated carbocycles. The van der Waals surface area contributed by atoms with E-state index >= 15 is 0 Å². The maximum atomic E-state index is 12.9. The van der Waals surface area contributed by atoms with Crippen molar-refractivity contribution in [2.45, 2.75) is 6.42 Å². The van der Waals surface area contributed by atoms with E-state index in [2.05, 4.69) is 15.5 Å². The molecule has 1 aliphatic rings. The van der Waals surface area contributed by atoms with Gasteiger partial charge in [0.1, 0.15) is 5.82 Å². The van der Waals surface area contributed by atoms with E-state index in [4.69, 9.17) is 0 Å². The van der Waals surface area contributed by atoms with Crippen LogP contribution < -0.4 is 15.5 Å². The highest BCUT2D eigenvalue weighted by atomic mass is 35.5. The Hall–Kier alpha value is -1.33. The summed E-state index contributed by atoms with van der Waals surface area (Å²) >= 11 is 0. The van der Waals surface area contributed by atoms with Crippen molar-refractivity contribution in [2.75, 3.05) is 38.1 Å². The number of amides is 1. The molecule has 0 bridgehead atoms. The molecule has 0 spiro atoms. The molecule has 0 aromatic heterocycles. The number of hydrogen-bond acceptors (Lipinski definition) is 3. The molecule has 6 heteroatoms. The van der Waals surface area contributed by atoms with Gasteiger partial charge in [-0.05, 0) is 43.7 Å². The fourth-order valence-corrected chi connectivity index (χ4v) is 2.37. The highest BCUT2D eigenvalue weighted by Gasteiger charge is 2.22. The summed E-state index contributed by atoms with van der Waals surface area (Å²) in [5.41, 5.74) is 1.05. The lowest BCUT2D eigenvalue weighted by Crippen LogP contribution is -2.36. The molecule has 20 heavy (non-hydrogen) atoms. The Bertz CT molecular complexity index is 427. The Morgan fingerprint density at radius 2 is 2.10 bits per heavy atom. The molecule has 1 amide bonds. The van der Waals surface area contributed by atoms with E-state index in [0.717, 1.165) is 25.2 Å². The number of nitrogens with zero attached hydrogens (tertiary/aromatic N) is 1. The molecule has 112 valence electrons. The summed E-state index contributed by atoms with van der Waals surface area (Å²) in [5, 5.41) is 5.74. The van der Waals surface area contributed by atoms with Crippen molar-refractivity contribution in [3.63, 3.8) is 0 Å². The van der Waals surface area contributed by atoms with Gasteiger partial charge in [0.05, 0.1) is 6.54 Å². The first-order valence-electron chi connectivity index (χ1n) is 6.61. The molecule has 0 radical (unpaired) electrons. The maximum absolute atomic E-state index is 12.9. The molecular formula is C14H21ClFN3O. The summed E-state index contributed by atoms with van der Waals surface area (Å²) in [5.74, 6) is 0.285. The molecule has 4 nitrogen and oxygen atoms in total. The van der Waals surface area contributed by atoms with Gasteiger partial charge in [-0.1, -0.05) is 0 Å². The lowest BCUT2D eigenvalue weighted by Gasteiger charge is -2.18. The number of rotatable bonds is 5. The maximum Gasteiger partial charge on any atom is 0.233 e. The molecule has 1 fully saturated rings. The van der Waals surface area contributed by atoms with Gasteiger partial charge < -0.3 is 15.5 Å². The number of hydrogen-bond donors (Lipinski definition) is 2. The summed E-state index contributed by atoms with van der Waals surface area (Å²) in [7, 11) is 1.76. The lowest BCUT2D eigenvalue weighted by molar-refractivity contribution is -0.120. The first kappa shape index (κ1) is 16.7. The average Bonchev–Trinajstić information content (AvgIpc) is 2.86. The molecule has 1 aromatic rings. The highest BCUT2D eigenvalue weighted by molar-refractivity contribution is 5.85. The van der Waals surface area contributed by atoms with Crippen LogP contribution in [0.4, 0.5) is 10.1 Å². The van der Waals surface area contributed by atoms with Crippen LogP contribution >= 0.6 is 12.4 Å². The zero-order valence-electron chi connectivity index (χ0n) is 11.6. The van der Waals surface area contributed by atoms with Crippen molar-refractivity contribution in [3.8, 4) is 0 Å². The Balaban J connectivity index is 0.00000200. The smallest absolute Gasteiger partial charge is 0.233 e. The molecule has 1 atom stereocenters. The summed E-state index contributed by atoms with van der Waals surface area (Å²) in [4.78, 5) is 13.6. The van der Waals surface area contributed by atoms with Crippen LogP contribution in [0.2, 0.25) is 0 Å². The van der Waals surface area contributed by atoms with Crippen LogP contribution in [0, 0.1) is 11.7 Å². The third kappa shape index (κ3) is 4.65. The van der Waals surface area contributed by atoms with Crippen molar-refractivity contribution >= 4 is 24.0 Å². The second-order valence-electron chi connectivity index (χ2n) is 4.91. The van der Waals surface area contributed by atoms with E-state index in [1.165, 1.54) is 12.1 Å². The number of likely N-dealkylation sites (N-methyl/N-ethyl adjacent to an activating group) is 1. The first-order chi connectivity index (χ1) is 9.19. The van der Waals surface area contributed by atoms with Crippen LogP contribution in [0.25, 0.3) is 0 Å².